The molecule has 0 bridgehead atoms. The molecular formula is C16H26BrNOS. The van der Waals surface area contributed by atoms with Crippen molar-refractivity contribution in [1.29, 1.82) is 0 Å². The molecule has 1 aromatic rings. The predicted molar refractivity (Wildman–Crippen MR) is 90.6 cm³/mol. The molecule has 20 heavy (non-hydrogen) atoms. The molecule has 1 N–H and O–H groups in total. The molecule has 0 aromatic carbocycles. The highest BCUT2D eigenvalue weighted by atomic mass is 79.9. The Bertz CT molecular complexity index is 418. The van der Waals surface area contributed by atoms with Crippen molar-refractivity contribution in [3.05, 3.63) is 20.8 Å². The van der Waals surface area contributed by atoms with E-state index in [9.17, 15) is 0 Å². The van der Waals surface area contributed by atoms with Gasteiger partial charge in [-0.1, -0.05) is 19.8 Å². The minimum Gasteiger partial charge on any atom is -0.374 e. The lowest BCUT2D eigenvalue weighted by Gasteiger charge is -2.45. The van der Waals surface area contributed by atoms with Crippen molar-refractivity contribution >= 4 is 27.3 Å². The van der Waals surface area contributed by atoms with Crippen molar-refractivity contribution in [2.75, 3.05) is 13.7 Å². The SMILES string of the molecule is CCOC1(C(Cc2sccc2Br)NC)CCCC(C)C1. The largest absolute Gasteiger partial charge is 0.374 e. The third-order valence-electron chi connectivity index (χ3n) is 4.49. The van der Waals surface area contributed by atoms with Crippen LogP contribution in [-0.4, -0.2) is 25.3 Å². The molecule has 0 aliphatic heterocycles. The number of halogens is 1. The van der Waals surface area contributed by atoms with Gasteiger partial charge in [0.15, 0.2) is 0 Å². The lowest BCUT2D eigenvalue weighted by Crippen LogP contribution is -2.55. The lowest BCUT2D eigenvalue weighted by atomic mass is 9.73. The van der Waals surface area contributed by atoms with Crippen molar-refractivity contribution in [1.82, 2.24) is 5.32 Å². The molecule has 0 amide bonds. The fraction of sp³-hybridized carbons (Fsp3) is 0.750. The summed E-state index contributed by atoms with van der Waals surface area (Å²) in [5.74, 6) is 0.762. The molecule has 1 heterocycles. The second-order valence-corrected chi connectivity index (χ2v) is 7.79. The van der Waals surface area contributed by atoms with Gasteiger partial charge >= 0.3 is 0 Å². The molecule has 1 fully saturated rings. The van der Waals surface area contributed by atoms with E-state index in [4.69, 9.17) is 4.74 Å². The summed E-state index contributed by atoms with van der Waals surface area (Å²) in [6, 6.07) is 2.53. The molecule has 114 valence electrons. The van der Waals surface area contributed by atoms with Gasteiger partial charge in [-0.3, -0.25) is 0 Å². The van der Waals surface area contributed by atoms with Gasteiger partial charge in [-0.25, -0.2) is 0 Å². The van der Waals surface area contributed by atoms with E-state index in [0.717, 1.165) is 18.9 Å². The summed E-state index contributed by atoms with van der Waals surface area (Å²) in [4.78, 5) is 1.42. The number of hydrogen-bond donors (Lipinski definition) is 1. The van der Waals surface area contributed by atoms with Crippen LogP contribution in [0.4, 0.5) is 0 Å². The Kier molecular flexibility index (Phi) is 6.09. The topological polar surface area (TPSA) is 21.3 Å². The van der Waals surface area contributed by atoms with Crippen LogP contribution >= 0.6 is 27.3 Å². The monoisotopic (exact) mass is 359 g/mol. The number of likely N-dealkylation sites (N-methyl/N-ethyl adjacent to an activating group) is 1. The van der Waals surface area contributed by atoms with Gasteiger partial charge in [0.2, 0.25) is 0 Å². The van der Waals surface area contributed by atoms with Gasteiger partial charge in [-0.15, -0.1) is 11.3 Å². The van der Waals surface area contributed by atoms with Crippen molar-refractivity contribution in [2.45, 2.75) is 57.6 Å². The number of rotatable bonds is 6. The Morgan fingerprint density at radius 3 is 2.95 bits per heavy atom. The van der Waals surface area contributed by atoms with Crippen molar-refractivity contribution < 1.29 is 4.74 Å². The zero-order valence-corrected chi connectivity index (χ0v) is 15.1. The van der Waals surface area contributed by atoms with Crippen LogP contribution in [0.1, 0.15) is 44.4 Å². The molecule has 2 rings (SSSR count). The second kappa shape index (κ2) is 7.39. The van der Waals surface area contributed by atoms with Gasteiger partial charge < -0.3 is 10.1 Å². The molecule has 1 aliphatic carbocycles. The molecule has 0 radical (unpaired) electrons. The van der Waals surface area contributed by atoms with Crippen molar-refractivity contribution in [2.24, 2.45) is 5.92 Å². The molecule has 1 aliphatic rings. The highest BCUT2D eigenvalue weighted by Crippen LogP contribution is 2.39. The molecule has 3 atom stereocenters. The minimum absolute atomic E-state index is 0.00456. The average Bonchev–Trinajstić information content (AvgIpc) is 2.81. The highest BCUT2D eigenvalue weighted by Gasteiger charge is 2.42. The third-order valence-corrected chi connectivity index (χ3v) is 6.44. The molecular weight excluding hydrogens is 334 g/mol. The fourth-order valence-corrected chi connectivity index (χ4v) is 5.15. The standard InChI is InChI=1S/C16H26BrNOS/c1-4-19-16(8-5-6-12(2)11-16)15(18-3)10-14-13(17)7-9-20-14/h7,9,12,15,18H,4-6,8,10-11H2,1-3H3. The van der Waals surface area contributed by atoms with Gasteiger partial charge in [-0.2, -0.15) is 0 Å². The maximum Gasteiger partial charge on any atom is 0.0840 e. The summed E-state index contributed by atoms with van der Waals surface area (Å²) in [6.07, 6.45) is 6.02. The molecule has 3 unspecified atom stereocenters. The summed E-state index contributed by atoms with van der Waals surface area (Å²) in [5.41, 5.74) is 0.00456. The summed E-state index contributed by atoms with van der Waals surface area (Å²) in [7, 11) is 2.08. The Hall–Kier alpha value is 0.1000. The summed E-state index contributed by atoms with van der Waals surface area (Å²) in [6.45, 7) is 5.28. The Balaban J connectivity index is 2.18. The first-order valence-corrected chi connectivity index (χ1v) is 9.31. The first-order chi connectivity index (χ1) is 9.61. The molecule has 0 saturated heterocycles. The van der Waals surface area contributed by atoms with Crippen molar-refractivity contribution in [3.63, 3.8) is 0 Å². The third kappa shape index (κ3) is 3.65. The number of thiophene rings is 1. The van der Waals surface area contributed by atoms with Crippen LogP contribution in [0.5, 0.6) is 0 Å². The average molecular weight is 360 g/mol. The minimum atomic E-state index is 0.00456. The van der Waals surface area contributed by atoms with E-state index in [1.54, 1.807) is 0 Å². The van der Waals surface area contributed by atoms with E-state index in [1.165, 1.54) is 35.0 Å². The van der Waals surface area contributed by atoms with Crippen LogP contribution < -0.4 is 5.32 Å². The predicted octanol–water partition coefficient (Wildman–Crippen LogP) is 4.63. The Morgan fingerprint density at radius 1 is 1.60 bits per heavy atom. The number of ether oxygens (including phenoxy) is 1. The number of hydrogen-bond acceptors (Lipinski definition) is 3. The van der Waals surface area contributed by atoms with Crippen LogP contribution in [0.3, 0.4) is 0 Å². The molecule has 0 spiro atoms. The maximum absolute atomic E-state index is 6.31. The maximum atomic E-state index is 6.31. The van der Waals surface area contributed by atoms with Gasteiger partial charge in [0, 0.05) is 28.4 Å². The van der Waals surface area contributed by atoms with E-state index >= 15 is 0 Å². The summed E-state index contributed by atoms with van der Waals surface area (Å²) < 4.78 is 7.54. The molecule has 1 saturated carbocycles. The first-order valence-electron chi connectivity index (χ1n) is 7.64. The molecule has 1 aromatic heterocycles. The highest BCUT2D eigenvalue weighted by molar-refractivity contribution is 9.10. The smallest absolute Gasteiger partial charge is 0.0840 e. The fourth-order valence-electron chi connectivity index (χ4n) is 3.59. The zero-order valence-electron chi connectivity index (χ0n) is 12.7. The normalized spacial score (nSPS) is 28.5. The van der Waals surface area contributed by atoms with Crippen molar-refractivity contribution in [3.8, 4) is 0 Å². The lowest BCUT2D eigenvalue weighted by molar-refractivity contribution is -0.0987. The molecule has 2 nitrogen and oxygen atoms in total. The van der Waals surface area contributed by atoms with Gasteiger partial charge in [0.25, 0.3) is 0 Å². The Labute approximate surface area is 135 Å². The van der Waals surface area contributed by atoms with E-state index in [2.05, 4.69) is 53.6 Å². The summed E-state index contributed by atoms with van der Waals surface area (Å²) in [5, 5.41) is 5.70. The first kappa shape index (κ1) is 16.5. The molecule has 4 heteroatoms. The van der Waals surface area contributed by atoms with E-state index in [-0.39, 0.29) is 5.60 Å². The van der Waals surface area contributed by atoms with Gasteiger partial charge in [0.1, 0.15) is 0 Å². The summed E-state index contributed by atoms with van der Waals surface area (Å²) >= 11 is 5.49. The van der Waals surface area contributed by atoms with Gasteiger partial charge in [-0.05, 0) is 60.1 Å². The number of nitrogens with one attached hydrogen (secondary N) is 1. The zero-order chi connectivity index (χ0) is 14.6. The van der Waals surface area contributed by atoms with E-state index in [1.807, 2.05) is 11.3 Å². The second-order valence-electron chi connectivity index (χ2n) is 5.94. The quantitative estimate of drug-likeness (QED) is 0.799. The van der Waals surface area contributed by atoms with E-state index < -0.39 is 0 Å². The van der Waals surface area contributed by atoms with E-state index in [0.29, 0.717) is 6.04 Å². The van der Waals surface area contributed by atoms with Crippen LogP contribution in [0, 0.1) is 5.92 Å². The van der Waals surface area contributed by atoms with Crippen LogP contribution in [0.25, 0.3) is 0 Å². The van der Waals surface area contributed by atoms with Crippen LogP contribution in [-0.2, 0) is 11.2 Å². The van der Waals surface area contributed by atoms with Gasteiger partial charge in [0.05, 0.1) is 5.60 Å². The van der Waals surface area contributed by atoms with Crippen LogP contribution in [0.15, 0.2) is 15.9 Å². The van der Waals surface area contributed by atoms with Crippen LogP contribution in [0.2, 0.25) is 0 Å². The Morgan fingerprint density at radius 2 is 2.40 bits per heavy atom.